The van der Waals surface area contributed by atoms with E-state index in [-0.39, 0.29) is 23.7 Å². The highest BCUT2D eigenvalue weighted by molar-refractivity contribution is 6.36. The topological polar surface area (TPSA) is 58.2 Å². The van der Waals surface area contributed by atoms with Crippen molar-refractivity contribution in [1.82, 2.24) is 5.32 Å². The second kappa shape index (κ2) is 9.44. The van der Waals surface area contributed by atoms with Crippen molar-refractivity contribution < 1.29 is 9.59 Å². The molecule has 0 unspecified atom stereocenters. The molecule has 1 fully saturated rings. The van der Waals surface area contributed by atoms with Crippen molar-refractivity contribution in [3.05, 3.63) is 28.2 Å². The highest BCUT2D eigenvalue weighted by atomic mass is 35.5. The Balaban J connectivity index is 1.79. The van der Waals surface area contributed by atoms with Gasteiger partial charge in [0.15, 0.2) is 0 Å². The fourth-order valence-corrected chi connectivity index (χ4v) is 3.53. The van der Waals surface area contributed by atoms with Crippen LogP contribution in [0, 0.1) is 17.8 Å². The van der Waals surface area contributed by atoms with Crippen molar-refractivity contribution in [2.24, 2.45) is 17.8 Å². The number of hydrogen-bond donors (Lipinski definition) is 2. The van der Waals surface area contributed by atoms with Crippen LogP contribution in [-0.4, -0.2) is 18.4 Å². The number of rotatable bonds is 6. The smallest absolute Gasteiger partial charge is 0.227 e. The molecule has 25 heavy (non-hydrogen) atoms. The molecule has 4 nitrogen and oxygen atoms in total. The molecule has 0 bridgehead atoms. The van der Waals surface area contributed by atoms with Crippen molar-refractivity contribution in [1.29, 1.82) is 0 Å². The zero-order valence-corrected chi connectivity index (χ0v) is 16.3. The van der Waals surface area contributed by atoms with Crippen LogP contribution in [0.3, 0.4) is 0 Å². The molecule has 0 aromatic heterocycles. The van der Waals surface area contributed by atoms with E-state index in [4.69, 9.17) is 23.2 Å². The van der Waals surface area contributed by atoms with E-state index in [0.29, 0.717) is 21.7 Å². The normalized spacial score (nSPS) is 20.4. The Hall–Kier alpha value is -1.26. The first kappa shape index (κ1) is 20.1. The molecule has 0 spiro atoms. The van der Waals surface area contributed by atoms with Gasteiger partial charge in [-0.15, -0.1) is 0 Å². The lowest BCUT2D eigenvalue weighted by atomic mass is 9.81. The van der Waals surface area contributed by atoms with E-state index in [2.05, 4.69) is 24.5 Å². The first-order chi connectivity index (χ1) is 11.9. The lowest BCUT2D eigenvalue weighted by molar-refractivity contribution is -0.128. The van der Waals surface area contributed by atoms with E-state index in [1.807, 2.05) is 0 Å². The Morgan fingerprint density at radius 1 is 1.08 bits per heavy atom. The lowest BCUT2D eigenvalue weighted by Crippen LogP contribution is -2.36. The quantitative estimate of drug-likeness (QED) is 0.732. The van der Waals surface area contributed by atoms with Gasteiger partial charge in [0.2, 0.25) is 11.8 Å². The number of hydrogen-bond acceptors (Lipinski definition) is 2. The van der Waals surface area contributed by atoms with Crippen LogP contribution < -0.4 is 10.6 Å². The van der Waals surface area contributed by atoms with Gasteiger partial charge in [0.25, 0.3) is 0 Å². The molecule has 0 saturated heterocycles. The van der Waals surface area contributed by atoms with Crippen LogP contribution in [0.25, 0.3) is 0 Å². The second-order valence-electron chi connectivity index (χ2n) is 7.14. The van der Waals surface area contributed by atoms with E-state index in [0.717, 1.165) is 38.6 Å². The van der Waals surface area contributed by atoms with Gasteiger partial charge in [-0.05, 0) is 56.2 Å². The number of carbonyl (C=O) groups is 2. The lowest BCUT2D eigenvalue weighted by Gasteiger charge is -2.27. The number of benzene rings is 1. The van der Waals surface area contributed by atoms with Gasteiger partial charge in [-0.2, -0.15) is 0 Å². The number of anilines is 1. The van der Waals surface area contributed by atoms with Gasteiger partial charge >= 0.3 is 0 Å². The van der Waals surface area contributed by atoms with E-state index < -0.39 is 0 Å². The van der Waals surface area contributed by atoms with Crippen LogP contribution in [0.2, 0.25) is 10.0 Å². The molecule has 0 atom stereocenters. The molecule has 0 radical (unpaired) electrons. The maximum Gasteiger partial charge on any atom is 0.227 e. The highest BCUT2D eigenvalue weighted by Gasteiger charge is 2.30. The molecule has 1 aromatic rings. The minimum atomic E-state index is -0.0774. The Bertz CT molecular complexity index is 611. The molecule has 2 N–H and O–H groups in total. The van der Waals surface area contributed by atoms with Gasteiger partial charge in [0.05, 0.1) is 10.7 Å². The summed E-state index contributed by atoms with van der Waals surface area (Å²) in [5, 5.41) is 6.84. The fraction of sp³-hybridized carbons (Fsp3) is 0.579. The van der Waals surface area contributed by atoms with Gasteiger partial charge in [0, 0.05) is 23.4 Å². The van der Waals surface area contributed by atoms with E-state index in [9.17, 15) is 9.59 Å². The third-order valence-electron chi connectivity index (χ3n) is 4.68. The van der Waals surface area contributed by atoms with Crippen LogP contribution in [0.15, 0.2) is 18.2 Å². The van der Waals surface area contributed by atoms with Crippen molar-refractivity contribution in [3.8, 4) is 0 Å². The minimum absolute atomic E-state index is 0.0235. The van der Waals surface area contributed by atoms with Gasteiger partial charge in [-0.3, -0.25) is 9.59 Å². The Morgan fingerprint density at radius 3 is 2.24 bits per heavy atom. The molecule has 6 heteroatoms. The maximum atomic E-state index is 12.4. The summed E-state index contributed by atoms with van der Waals surface area (Å²) in [6.07, 6.45) is 3.93. The summed E-state index contributed by atoms with van der Waals surface area (Å²) in [7, 11) is 0. The minimum Gasteiger partial charge on any atom is -0.356 e. The molecule has 2 rings (SSSR count). The molecule has 0 aliphatic heterocycles. The summed E-state index contributed by atoms with van der Waals surface area (Å²) in [6, 6.07) is 5.01. The van der Waals surface area contributed by atoms with Gasteiger partial charge in [-0.25, -0.2) is 0 Å². The zero-order valence-electron chi connectivity index (χ0n) is 14.8. The van der Waals surface area contributed by atoms with Crippen molar-refractivity contribution in [2.45, 2.75) is 46.0 Å². The molecular weight excluding hydrogens is 359 g/mol. The molecule has 1 saturated carbocycles. The number of amides is 2. The summed E-state index contributed by atoms with van der Waals surface area (Å²) >= 11 is 12.0. The molecule has 2 amide bonds. The van der Waals surface area contributed by atoms with Crippen LogP contribution in [0.1, 0.15) is 46.0 Å². The molecule has 0 heterocycles. The van der Waals surface area contributed by atoms with Gasteiger partial charge in [0.1, 0.15) is 0 Å². The van der Waals surface area contributed by atoms with E-state index >= 15 is 0 Å². The average Bonchev–Trinajstić information content (AvgIpc) is 2.57. The standard InChI is InChI=1S/C19H26Cl2N2O2/c1-12(2)9-10-22-18(24)13-3-5-14(6-4-13)19(25)23-17-8-7-15(20)11-16(17)21/h7-8,11-14H,3-6,9-10H2,1-2H3,(H,22,24)(H,23,25). The van der Waals surface area contributed by atoms with Crippen LogP contribution >= 0.6 is 23.2 Å². The molecule has 1 aliphatic carbocycles. The maximum absolute atomic E-state index is 12.4. The Kier molecular flexibility index (Phi) is 7.57. The van der Waals surface area contributed by atoms with Gasteiger partial charge in [-0.1, -0.05) is 37.0 Å². The second-order valence-corrected chi connectivity index (χ2v) is 7.98. The average molecular weight is 385 g/mol. The number of carbonyl (C=O) groups excluding carboxylic acids is 2. The molecule has 1 aliphatic rings. The van der Waals surface area contributed by atoms with Crippen molar-refractivity contribution in [2.75, 3.05) is 11.9 Å². The zero-order chi connectivity index (χ0) is 18.4. The van der Waals surface area contributed by atoms with Crippen LogP contribution in [0.5, 0.6) is 0 Å². The fourth-order valence-electron chi connectivity index (χ4n) is 3.07. The summed E-state index contributed by atoms with van der Waals surface area (Å²) in [5.41, 5.74) is 0.574. The van der Waals surface area contributed by atoms with Gasteiger partial charge < -0.3 is 10.6 Å². The Labute approximate surface area is 159 Å². The monoisotopic (exact) mass is 384 g/mol. The summed E-state index contributed by atoms with van der Waals surface area (Å²) in [5.74, 6) is 0.615. The summed E-state index contributed by atoms with van der Waals surface area (Å²) in [6.45, 7) is 5.01. The predicted octanol–water partition coefficient (Wildman–Crippen LogP) is 4.90. The van der Waals surface area contributed by atoms with Crippen molar-refractivity contribution >= 4 is 40.7 Å². The van der Waals surface area contributed by atoms with E-state index in [1.165, 1.54) is 0 Å². The number of halogens is 2. The van der Waals surface area contributed by atoms with Crippen molar-refractivity contribution in [3.63, 3.8) is 0 Å². The summed E-state index contributed by atoms with van der Waals surface area (Å²) in [4.78, 5) is 24.6. The predicted molar refractivity (Wildman–Crippen MR) is 103 cm³/mol. The Morgan fingerprint density at radius 2 is 1.68 bits per heavy atom. The summed E-state index contributed by atoms with van der Waals surface area (Å²) < 4.78 is 0. The highest BCUT2D eigenvalue weighted by Crippen LogP contribution is 2.31. The van der Waals surface area contributed by atoms with E-state index in [1.54, 1.807) is 18.2 Å². The van der Waals surface area contributed by atoms with Crippen LogP contribution in [0.4, 0.5) is 5.69 Å². The third-order valence-corrected chi connectivity index (χ3v) is 5.23. The first-order valence-corrected chi connectivity index (χ1v) is 9.66. The third kappa shape index (κ3) is 6.19. The van der Waals surface area contributed by atoms with Crippen LogP contribution in [-0.2, 0) is 9.59 Å². The molecule has 138 valence electrons. The molecular formula is C19H26Cl2N2O2. The molecule has 1 aromatic carbocycles. The SMILES string of the molecule is CC(C)CCNC(=O)C1CCC(C(=O)Nc2ccc(Cl)cc2Cl)CC1. The number of nitrogens with one attached hydrogen (secondary N) is 2. The largest absolute Gasteiger partial charge is 0.356 e. The first-order valence-electron chi connectivity index (χ1n) is 8.90.